The third-order valence-corrected chi connectivity index (χ3v) is 5.71. The van der Waals surface area contributed by atoms with Gasteiger partial charge in [0.25, 0.3) is 5.91 Å². The molecular weight excluding hydrogens is 379 g/mol. The van der Waals surface area contributed by atoms with Crippen LogP contribution in [-0.4, -0.2) is 30.7 Å². The van der Waals surface area contributed by atoms with Gasteiger partial charge in [0.05, 0.1) is 5.56 Å². The number of tetrazole rings is 1. The zero-order chi connectivity index (χ0) is 19.8. The van der Waals surface area contributed by atoms with Crippen LogP contribution in [-0.2, 0) is 0 Å². The third kappa shape index (κ3) is 3.09. The normalized spacial score (nSPS) is 11.0. The van der Waals surface area contributed by atoms with Crippen LogP contribution in [0, 0.1) is 26.6 Å². The first kappa shape index (κ1) is 18.1. The molecule has 1 amide bonds. The second kappa shape index (κ2) is 7.01. The molecule has 0 saturated heterocycles. The number of carbonyl (C=O) groups excluding carboxylic acids is 1. The van der Waals surface area contributed by atoms with E-state index in [0.29, 0.717) is 17.1 Å². The Morgan fingerprint density at radius 1 is 1.18 bits per heavy atom. The van der Waals surface area contributed by atoms with Crippen molar-refractivity contribution in [3.05, 3.63) is 70.4 Å². The molecule has 1 aromatic carbocycles. The lowest BCUT2D eigenvalue weighted by Crippen LogP contribution is -2.15. The molecule has 0 aliphatic carbocycles. The number of anilines is 1. The summed E-state index contributed by atoms with van der Waals surface area (Å²) in [4.78, 5) is 14.1. The molecule has 0 aliphatic rings. The molecule has 142 valence electrons. The monoisotopic (exact) mass is 396 g/mol. The Balaban J connectivity index is 1.70. The summed E-state index contributed by atoms with van der Waals surface area (Å²) >= 11 is 1.55. The van der Waals surface area contributed by atoms with E-state index >= 15 is 0 Å². The smallest absolute Gasteiger partial charge is 0.258 e. The molecule has 0 bridgehead atoms. The lowest BCUT2D eigenvalue weighted by molar-refractivity contribution is 0.102. The number of nitrogens with zero attached hydrogens (tertiary/aromatic N) is 5. The molecule has 0 saturated carbocycles. The van der Waals surface area contributed by atoms with E-state index in [0.717, 1.165) is 15.4 Å². The van der Waals surface area contributed by atoms with E-state index in [2.05, 4.69) is 20.8 Å². The molecule has 9 heteroatoms. The number of benzene rings is 1. The number of halogens is 1. The highest BCUT2D eigenvalue weighted by molar-refractivity contribution is 7.15. The van der Waals surface area contributed by atoms with Gasteiger partial charge in [-0.15, -0.1) is 16.4 Å². The SMILES string of the molecule is Cc1sc(-n2cccc2)c(C(=O)Nc2ccc(F)c(-n3nnnc3C)c2)c1C. The van der Waals surface area contributed by atoms with Gasteiger partial charge in [0.15, 0.2) is 5.82 Å². The Morgan fingerprint density at radius 2 is 1.93 bits per heavy atom. The van der Waals surface area contributed by atoms with Crippen LogP contribution in [0.25, 0.3) is 10.7 Å². The van der Waals surface area contributed by atoms with E-state index in [1.165, 1.54) is 22.9 Å². The average Bonchev–Trinajstić information content (AvgIpc) is 3.39. The Bertz CT molecular complexity index is 1160. The maximum Gasteiger partial charge on any atom is 0.258 e. The lowest BCUT2D eigenvalue weighted by Gasteiger charge is -2.10. The molecule has 0 radical (unpaired) electrons. The first-order chi connectivity index (χ1) is 13.5. The first-order valence-corrected chi connectivity index (χ1v) is 9.37. The number of rotatable bonds is 4. The van der Waals surface area contributed by atoms with Crippen molar-refractivity contribution < 1.29 is 9.18 Å². The second-order valence-electron chi connectivity index (χ2n) is 6.31. The third-order valence-electron chi connectivity index (χ3n) is 4.49. The fourth-order valence-electron chi connectivity index (χ4n) is 2.93. The highest BCUT2D eigenvalue weighted by Gasteiger charge is 2.21. The first-order valence-electron chi connectivity index (χ1n) is 8.55. The minimum absolute atomic E-state index is 0.171. The molecule has 28 heavy (non-hydrogen) atoms. The molecule has 4 rings (SSSR count). The van der Waals surface area contributed by atoms with Crippen molar-refractivity contribution in [2.45, 2.75) is 20.8 Å². The lowest BCUT2D eigenvalue weighted by atomic mass is 10.1. The minimum Gasteiger partial charge on any atom is -0.322 e. The minimum atomic E-state index is -0.482. The van der Waals surface area contributed by atoms with Gasteiger partial charge < -0.3 is 9.88 Å². The van der Waals surface area contributed by atoms with Gasteiger partial charge in [-0.1, -0.05) is 0 Å². The number of nitrogens with one attached hydrogen (secondary N) is 1. The van der Waals surface area contributed by atoms with Crippen LogP contribution < -0.4 is 5.32 Å². The van der Waals surface area contributed by atoms with E-state index in [-0.39, 0.29) is 11.6 Å². The van der Waals surface area contributed by atoms with E-state index in [4.69, 9.17) is 0 Å². The number of amides is 1. The molecule has 7 nitrogen and oxygen atoms in total. The van der Waals surface area contributed by atoms with Crippen molar-refractivity contribution in [1.29, 1.82) is 0 Å². The zero-order valence-electron chi connectivity index (χ0n) is 15.5. The average molecular weight is 396 g/mol. The topological polar surface area (TPSA) is 77.6 Å². The van der Waals surface area contributed by atoms with Crippen LogP contribution in [0.15, 0.2) is 42.7 Å². The number of carbonyl (C=O) groups is 1. The van der Waals surface area contributed by atoms with Crippen LogP contribution in [0.1, 0.15) is 26.6 Å². The van der Waals surface area contributed by atoms with E-state index in [1.807, 2.05) is 42.9 Å². The molecule has 1 N–H and O–H groups in total. The summed E-state index contributed by atoms with van der Waals surface area (Å²) in [6, 6.07) is 8.13. The van der Waals surface area contributed by atoms with Gasteiger partial charge in [0, 0.05) is 23.0 Å². The van der Waals surface area contributed by atoms with Crippen molar-refractivity contribution in [2.75, 3.05) is 5.32 Å². The highest BCUT2D eigenvalue weighted by atomic mass is 32.1. The zero-order valence-corrected chi connectivity index (χ0v) is 16.3. The summed E-state index contributed by atoms with van der Waals surface area (Å²) in [5.41, 5.74) is 2.15. The van der Waals surface area contributed by atoms with Gasteiger partial charge in [-0.25, -0.2) is 4.39 Å². The second-order valence-corrected chi connectivity index (χ2v) is 7.52. The van der Waals surface area contributed by atoms with E-state index in [9.17, 15) is 9.18 Å². The summed E-state index contributed by atoms with van der Waals surface area (Å²) in [7, 11) is 0. The summed E-state index contributed by atoms with van der Waals surface area (Å²) in [6.45, 7) is 5.58. The molecule has 3 heterocycles. The van der Waals surface area contributed by atoms with Crippen molar-refractivity contribution in [2.24, 2.45) is 0 Å². The maximum atomic E-state index is 14.3. The van der Waals surface area contributed by atoms with Gasteiger partial charge in [0.2, 0.25) is 0 Å². The molecule has 0 fully saturated rings. The molecule has 3 aromatic heterocycles. The maximum absolute atomic E-state index is 14.3. The number of aryl methyl sites for hydroxylation is 2. The summed E-state index contributed by atoms with van der Waals surface area (Å²) in [5.74, 6) is -0.290. The van der Waals surface area contributed by atoms with Gasteiger partial charge in [-0.2, -0.15) is 4.68 Å². The number of thiophene rings is 1. The predicted octanol–water partition coefficient (Wildman–Crippen LogP) is 3.83. The molecular formula is C19H17FN6OS. The predicted molar refractivity (Wildman–Crippen MR) is 105 cm³/mol. The standard InChI is InChI=1S/C19H17FN6OS/c1-11-12(2)28-19(25-8-4-5-9-25)17(11)18(27)21-14-6-7-15(20)16(10-14)26-13(3)22-23-24-26/h4-10H,1-3H3,(H,21,27). The number of aromatic nitrogens is 5. The summed E-state index contributed by atoms with van der Waals surface area (Å²) < 4.78 is 17.5. The summed E-state index contributed by atoms with van der Waals surface area (Å²) in [6.07, 6.45) is 3.80. The molecule has 0 spiro atoms. The van der Waals surface area contributed by atoms with Crippen LogP contribution in [0.4, 0.5) is 10.1 Å². The van der Waals surface area contributed by atoms with Crippen LogP contribution >= 0.6 is 11.3 Å². The van der Waals surface area contributed by atoms with Crippen LogP contribution in [0.3, 0.4) is 0 Å². The number of hydrogen-bond acceptors (Lipinski definition) is 5. The Hall–Kier alpha value is -3.33. The van der Waals surface area contributed by atoms with Crippen LogP contribution in [0.2, 0.25) is 0 Å². The van der Waals surface area contributed by atoms with Crippen molar-refractivity contribution in [1.82, 2.24) is 24.8 Å². The van der Waals surface area contributed by atoms with Gasteiger partial charge in [0.1, 0.15) is 16.5 Å². The Morgan fingerprint density at radius 3 is 2.61 bits per heavy atom. The van der Waals surface area contributed by atoms with Crippen molar-refractivity contribution >= 4 is 22.9 Å². The van der Waals surface area contributed by atoms with Gasteiger partial charge in [-0.3, -0.25) is 4.79 Å². The Kier molecular flexibility index (Phi) is 4.52. The van der Waals surface area contributed by atoms with Crippen LogP contribution in [0.5, 0.6) is 0 Å². The van der Waals surface area contributed by atoms with E-state index in [1.54, 1.807) is 18.3 Å². The summed E-state index contributed by atoms with van der Waals surface area (Å²) in [5, 5.41) is 14.8. The largest absolute Gasteiger partial charge is 0.322 e. The van der Waals surface area contributed by atoms with Gasteiger partial charge >= 0.3 is 0 Å². The van der Waals surface area contributed by atoms with E-state index < -0.39 is 5.82 Å². The fourth-order valence-corrected chi connectivity index (χ4v) is 4.05. The number of hydrogen-bond donors (Lipinski definition) is 1. The molecule has 0 atom stereocenters. The molecule has 0 unspecified atom stereocenters. The highest BCUT2D eigenvalue weighted by Crippen LogP contribution is 2.32. The van der Waals surface area contributed by atoms with Gasteiger partial charge in [-0.05, 0) is 67.1 Å². The molecule has 0 aliphatic heterocycles. The molecule has 4 aromatic rings. The quantitative estimate of drug-likeness (QED) is 0.569. The fraction of sp³-hybridized carbons (Fsp3) is 0.158. The Labute approximate surface area is 164 Å². The van der Waals surface area contributed by atoms with Crippen molar-refractivity contribution in [3.8, 4) is 10.7 Å². The van der Waals surface area contributed by atoms with Crippen molar-refractivity contribution in [3.63, 3.8) is 0 Å².